The number of aliphatic hydroxyl groups is 2. The second-order valence-corrected chi connectivity index (χ2v) is 14.8. The van der Waals surface area contributed by atoms with Crippen molar-refractivity contribution in [3.63, 3.8) is 0 Å². The Labute approximate surface area is 240 Å². The predicted molar refractivity (Wildman–Crippen MR) is 160 cm³/mol. The van der Waals surface area contributed by atoms with E-state index in [4.69, 9.17) is 0 Å². The first-order chi connectivity index (χ1) is 18.7. The average Bonchev–Trinajstić information content (AvgIpc) is 3.27. The number of amides is 2. The minimum Gasteiger partial charge on any atom is -0.393 e. The number of nitrogens with one attached hydrogen (secondary N) is 2. The number of carbonyl (C=O) groups is 1. The number of benzene rings is 1. The molecule has 1 aromatic rings. The lowest BCUT2D eigenvalue weighted by Gasteiger charge is -2.64. The maximum absolute atomic E-state index is 12.4. The van der Waals surface area contributed by atoms with Gasteiger partial charge in [0.2, 0.25) is 0 Å². The third kappa shape index (κ3) is 5.51. The summed E-state index contributed by atoms with van der Waals surface area (Å²) in [5.41, 5.74) is 1.73. The van der Waals surface area contributed by atoms with Gasteiger partial charge in [-0.05, 0) is 121 Å². The molecule has 4 fully saturated rings. The molecule has 6 heteroatoms. The van der Waals surface area contributed by atoms with Gasteiger partial charge < -0.3 is 15.5 Å². The Balaban J connectivity index is 1.18. The summed E-state index contributed by atoms with van der Waals surface area (Å²) in [5.74, 6) is 4.28. The molecular formula is C33H52N2O3S. The number of hydrogen-bond acceptors (Lipinski definition) is 4. The minimum absolute atomic E-state index is 0.101. The molecule has 0 saturated heterocycles. The summed E-state index contributed by atoms with van der Waals surface area (Å²) in [6.07, 6.45) is 9.45. The highest BCUT2D eigenvalue weighted by Crippen LogP contribution is 2.69. The quantitative estimate of drug-likeness (QED) is 0.266. The van der Waals surface area contributed by atoms with Crippen LogP contribution in [0, 0.1) is 52.3 Å². The molecule has 0 aromatic heterocycles. The van der Waals surface area contributed by atoms with Gasteiger partial charge in [-0.2, -0.15) is 0 Å². The molecule has 4 aliphatic carbocycles. The van der Waals surface area contributed by atoms with Gasteiger partial charge in [0.25, 0.3) is 0 Å². The Hall–Kier alpha value is -1.24. The maximum Gasteiger partial charge on any atom is 0.324 e. The molecule has 11 atom stereocenters. The average molecular weight is 557 g/mol. The van der Waals surface area contributed by atoms with Crippen LogP contribution >= 0.6 is 11.9 Å². The van der Waals surface area contributed by atoms with Crippen molar-refractivity contribution in [3.05, 3.63) is 35.9 Å². The van der Waals surface area contributed by atoms with E-state index in [-0.39, 0.29) is 29.1 Å². The topological polar surface area (TPSA) is 81.6 Å². The van der Waals surface area contributed by atoms with Gasteiger partial charge in [-0.1, -0.05) is 64.4 Å². The summed E-state index contributed by atoms with van der Waals surface area (Å²) < 4.78 is 2.92. The van der Waals surface area contributed by atoms with Crippen molar-refractivity contribution in [3.8, 4) is 0 Å². The number of carbonyl (C=O) groups excluding carboxylic acids is 1. The third-order valence-corrected chi connectivity index (χ3v) is 13.1. The van der Waals surface area contributed by atoms with Crippen LogP contribution in [0.3, 0.4) is 0 Å². The fourth-order valence-corrected chi connectivity index (χ4v) is 11.0. The van der Waals surface area contributed by atoms with Crippen molar-refractivity contribution in [2.75, 3.05) is 6.54 Å². The van der Waals surface area contributed by atoms with Crippen LogP contribution in [0.15, 0.2) is 30.3 Å². The number of rotatable bonds is 8. The van der Waals surface area contributed by atoms with Crippen molar-refractivity contribution < 1.29 is 15.0 Å². The zero-order valence-electron chi connectivity index (χ0n) is 24.6. The van der Waals surface area contributed by atoms with Crippen molar-refractivity contribution in [1.82, 2.24) is 10.0 Å². The molecule has 39 heavy (non-hydrogen) atoms. The molecule has 2 amide bonds. The SMILES string of the molecule is CC[C@H]1[C@@H](O)[C@@H]2[C@H](CC[C@]3(C)[C@@H]([C@H](C)CCNC(=O)NSCc4ccccc4)CC[C@@H]23)[C@@]2(C)CC[C@@H](O)C[C@@H]12. The van der Waals surface area contributed by atoms with Crippen molar-refractivity contribution in [1.29, 1.82) is 0 Å². The van der Waals surface area contributed by atoms with E-state index >= 15 is 0 Å². The molecular weight excluding hydrogens is 504 g/mol. The number of aliphatic hydroxyl groups excluding tert-OH is 2. The predicted octanol–water partition coefficient (Wildman–Crippen LogP) is 6.79. The highest BCUT2D eigenvalue weighted by molar-refractivity contribution is 7.97. The van der Waals surface area contributed by atoms with E-state index in [1.54, 1.807) is 0 Å². The van der Waals surface area contributed by atoms with E-state index in [2.05, 4.69) is 49.9 Å². The molecule has 4 N–H and O–H groups in total. The molecule has 5 nitrogen and oxygen atoms in total. The number of hydrogen-bond donors (Lipinski definition) is 4. The van der Waals surface area contributed by atoms with Crippen LogP contribution in [0.4, 0.5) is 4.79 Å². The molecule has 4 aliphatic rings. The van der Waals surface area contributed by atoms with Gasteiger partial charge in [-0.25, -0.2) is 4.79 Å². The first-order valence-corrected chi connectivity index (χ1v) is 16.7. The van der Waals surface area contributed by atoms with Crippen LogP contribution in [-0.2, 0) is 5.75 Å². The summed E-state index contributed by atoms with van der Waals surface area (Å²) in [6, 6.07) is 10.1. The third-order valence-electron chi connectivity index (χ3n) is 12.3. The molecule has 0 spiro atoms. The van der Waals surface area contributed by atoms with Crippen molar-refractivity contribution in [2.45, 2.75) is 103 Å². The molecule has 218 valence electrons. The summed E-state index contributed by atoms with van der Waals surface area (Å²) in [5, 5.41) is 25.5. The zero-order chi connectivity index (χ0) is 27.8. The molecule has 0 radical (unpaired) electrons. The van der Waals surface area contributed by atoms with Crippen LogP contribution in [0.25, 0.3) is 0 Å². The first kappa shape index (κ1) is 29.3. The van der Waals surface area contributed by atoms with E-state index < -0.39 is 0 Å². The minimum atomic E-state index is -0.235. The standard InChI is InChI=1S/C33H52N2O3S/c1-5-24-28-19-23(36)13-16-33(28,4)27-14-17-32(3)25(11-12-26(32)29(27)30(24)37)21(2)15-18-34-31(38)35-39-20-22-9-7-6-8-10-22/h6-10,21,23-30,36-37H,5,11-20H2,1-4H3,(H2,34,35,38)/t21-,23-,24-,25-,26+,27+,28+,29+,30-,32-,33-/m1/s1. The van der Waals surface area contributed by atoms with E-state index in [0.29, 0.717) is 48.0 Å². The van der Waals surface area contributed by atoms with Crippen LogP contribution in [0.2, 0.25) is 0 Å². The fourth-order valence-electron chi connectivity index (χ4n) is 10.3. The van der Waals surface area contributed by atoms with Gasteiger partial charge >= 0.3 is 6.03 Å². The van der Waals surface area contributed by atoms with Crippen molar-refractivity contribution >= 4 is 18.0 Å². The monoisotopic (exact) mass is 556 g/mol. The van der Waals surface area contributed by atoms with Crippen LogP contribution < -0.4 is 10.0 Å². The second-order valence-electron chi connectivity index (χ2n) is 14.0. The fraction of sp³-hybridized carbons (Fsp3) is 0.788. The first-order valence-electron chi connectivity index (χ1n) is 15.7. The highest BCUT2D eigenvalue weighted by Gasteiger charge is 2.64. The molecule has 4 saturated carbocycles. The van der Waals surface area contributed by atoms with Gasteiger partial charge in [0, 0.05) is 12.3 Å². The summed E-state index contributed by atoms with van der Waals surface area (Å²) in [4.78, 5) is 12.4. The van der Waals surface area contributed by atoms with Crippen LogP contribution in [0.1, 0.15) is 91.0 Å². The van der Waals surface area contributed by atoms with Gasteiger partial charge in [-0.3, -0.25) is 4.72 Å². The largest absolute Gasteiger partial charge is 0.393 e. The van der Waals surface area contributed by atoms with Gasteiger partial charge in [-0.15, -0.1) is 0 Å². The number of fused-ring (bicyclic) bond motifs is 5. The number of urea groups is 1. The second kappa shape index (κ2) is 11.9. The van der Waals surface area contributed by atoms with E-state index in [9.17, 15) is 15.0 Å². The lowest BCUT2D eigenvalue weighted by atomic mass is 9.41. The highest BCUT2D eigenvalue weighted by atomic mass is 32.2. The van der Waals surface area contributed by atoms with Gasteiger partial charge in [0.1, 0.15) is 0 Å². The Morgan fingerprint density at radius 3 is 2.49 bits per heavy atom. The zero-order valence-corrected chi connectivity index (χ0v) is 25.4. The molecule has 0 aliphatic heterocycles. The summed E-state index contributed by atoms with van der Waals surface area (Å²) >= 11 is 1.43. The Morgan fingerprint density at radius 1 is 1.03 bits per heavy atom. The van der Waals surface area contributed by atoms with E-state index in [1.165, 1.54) is 43.2 Å². The lowest BCUT2D eigenvalue weighted by Crippen LogP contribution is -2.62. The Bertz CT molecular complexity index is 977. The Kier molecular flexibility index (Phi) is 8.95. The molecule has 0 bridgehead atoms. The van der Waals surface area contributed by atoms with Gasteiger partial charge in [0.05, 0.1) is 12.2 Å². The van der Waals surface area contributed by atoms with E-state index in [0.717, 1.165) is 37.9 Å². The Morgan fingerprint density at radius 2 is 1.74 bits per heavy atom. The maximum atomic E-state index is 12.4. The normalized spacial score (nSPS) is 42.1. The van der Waals surface area contributed by atoms with Gasteiger partial charge in [0.15, 0.2) is 0 Å². The molecule has 0 unspecified atom stereocenters. The lowest BCUT2D eigenvalue weighted by molar-refractivity contribution is -0.203. The van der Waals surface area contributed by atoms with Crippen LogP contribution in [0.5, 0.6) is 0 Å². The summed E-state index contributed by atoms with van der Waals surface area (Å²) in [7, 11) is 0. The molecule has 5 rings (SSSR count). The van der Waals surface area contributed by atoms with Crippen molar-refractivity contribution in [2.24, 2.45) is 52.3 Å². The smallest absolute Gasteiger partial charge is 0.324 e. The van der Waals surface area contributed by atoms with E-state index in [1.807, 2.05) is 18.2 Å². The summed E-state index contributed by atoms with van der Waals surface area (Å²) in [6.45, 7) is 10.4. The van der Waals surface area contributed by atoms with Crippen LogP contribution in [-0.4, -0.2) is 35.0 Å². The molecule has 1 aromatic carbocycles. The molecule has 0 heterocycles.